The SMILES string of the molecule is CCCCCCCCC1CCC(CCc2ccc(-c3cc(F)c(F)nc3F)cc2)CC1. The molecule has 0 unspecified atom stereocenters. The van der Waals surface area contributed by atoms with Crippen molar-refractivity contribution in [3.05, 3.63) is 53.6 Å². The molecule has 0 amide bonds. The molecule has 1 aliphatic carbocycles. The van der Waals surface area contributed by atoms with Gasteiger partial charge in [-0.1, -0.05) is 102 Å². The summed E-state index contributed by atoms with van der Waals surface area (Å²) in [6.07, 6.45) is 17.3. The zero-order chi connectivity index (χ0) is 22.1. The van der Waals surface area contributed by atoms with Gasteiger partial charge in [0, 0.05) is 5.56 Å². The van der Waals surface area contributed by atoms with E-state index in [1.54, 1.807) is 12.1 Å². The molecule has 1 saturated carbocycles. The van der Waals surface area contributed by atoms with Gasteiger partial charge in [-0.05, 0) is 41.9 Å². The van der Waals surface area contributed by atoms with E-state index in [-0.39, 0.29) is 5.56 Å². The topological polar surface area (TPSA) is 12.9 Å². The van der Waals surface area contributed by atoms with Gasteiger partial charge in [-0.15, -0.1) is 0 Å². The summed E-state index contributed by atoms with van der Waals surface area (Å²) in [5, 5.41) is 0. The second kappa shape index (κ2) is 12.3. The zero-order valence-corrected chi connectivity index (χ0v) is 18.8. The Kier molecular flexibility index (Phi) is 9.42. The molecule has 0 atom stereocenters. The van der Waals surface area contributed by atoms with E-state index >= 15 is 0 Å². The normalized spacial score (nSPS) is 19.0. The molecule has 0 N–H and O–H groups in total. The predicted molar refractivity (Wildman–Crippen MR) is 121 cm³/mol. The van der Waals surface area contributed by atoms with Crippen LogP contribution in [0.2, 0.25) is 0 Å². The van der Waals surface area contributed by atoms with Crippen LogP contribution in [0.3, 0.4) is 0 Å². The first-order valence-electron chi connectivity index (χ1n) is 12.2. The van der Waals surface area contributed by atoms with Crippen molar-refractivity contribution in [2.45, 2.75) is 90.4 Å². The summed E-state index contributed by atoms with van der Waals surface area (Å²) in [4.78, 5) is 3.00. The third-order valence-electron chi connectivity index (χ3n) is 6.93. The number of rotatable bonds is 11. The lowest BCUT2D eigenvalue weighted by molar-refractivity contribution is 0.248. The molecule has 170 valence electrons. The Balaban J connectivity index is 1.38. The van der Waals surface area contributed by atoms with Gasteiger partial charge in [-0.3, -0.25) is 0 Å². The Morgan fingerprint density at radius 3 is 2.06 bits per heavy atom. The maximum Gasteiger partial charge on any atom is 0.251 e. The van der Waals surface area contributed by atoms with Gasteiger partial charge in [0.25, 0.3) is 5.95 Å². The number of pyridine rings is 1. The largest absolute Gasteiger partial charge is 0.251 e. The maximum absolute atomic E-state index is 13.9. The average molecular weight is 432 g/mol. The van der Waals surface area contributed by atoms with Crippen LogP contribution < -0.4 is 0 Å². The molecule has 0 saturated heterocycles. The molecule has 1 nitrogen and oxygen atoms in total. The summed E-state index contributed by atoms with van der Waals surface area (Å²) in [6.45, 7) is 2.27. The highest BCUT2D eigenvalue weighted by molar-refractivity contribution is 5.63. The van der Waals surface area contributed by atoms with Crippen molar-refractivity contribution in [2.24, 2.45) is 11.8 Å². The van der Waals surface area contributed by atoms with Crippen molar-refractivity contribution >= 4 is 0 Å². The zero-order valence-electron chi connectivity index (χ0n) is 18.8. The molecule has 0 spiro atoms. The van der Waals surface area contributed by atoms with Gasteiger partial charge in [0.05, 0.1) is 0 Å². The first-order valence-corrected chi connectivity index (χ1v) is 12.2. The summed E-state index contributed by atoms with van der Waals surface area (Å²) in [6, 6.07) is 8.32. The molecular formula is C27H36F3N. The van der Waals surface area contributed by atoms with E-state index in [1.165, 1.54) is 82.6 Å². The minimum atomic E-state index is -1.40. The molecule has 31 heavy (non-hydrogen) atoms. The van der Waals surface area contributed by atoms with Crippen LogP contribution in [0.5, 0.6) is 0 Å². The Morgan fingerprint density at radius 2 is 1.39 bits per heavy atom. The van der Waals surface area contributed by atoms with E-state index in [4.69, 9.17) is 0 Å². The van der Waals surface area contributed by atoms with E-state index in [2.05, 4.69) is 11.9 Å². The smallest absolute Gasteiger partial charge is 0.202 e. The fourth-order valence-electron chi connectivity index (χ4n) is 4.89. The average Bonchev–Trinajstić information content (AvgIpc) is 2.78. The van der Waals surface area contributed by atoms with Crippen LogP contribution in [0.4, 0.5) is 13.2 Å². The minimum Gasteiger partial charge on any atom is -0.202 e. The minimum absolute atomic E-state index is 0.00543. The standard InChI is InChI=1S/C27H36F3N/c1-2-3-4-5-6-7-8-20-9-11-21(12-10-20)13-14-22-15-17-23(18-16-22)24-19-25(28)27(30)31-26(24)29/h15-21H,2-14H2,1H3. The van der Waals surface area contributed by atoms with Crippen molar-refractivity contribution in [1.82, 2.24) is 4.98 Å². The lowest BCUT2D eigenvalue weighted by atomic mass is 9.77. The predicted octanol–water partition coefficient (Wildman–Crippen LogP) is 8.66. The Bertz CT molecular complexity index is 795. The highest BCUT2D eigenvalue weighted by Crippen LogP contribution is 2.34. The fourth-order valence-corrected chi connectivity index (χ4v) is 4.89. The number of unbranched alkanes of at least 4 members (excludes halogenated alkanes) is 5. The second-order valence-corrected chi connectivity index (χ2v) is 9.28. The van der Waals surface area contributed by atoms with Crippen LogP contribution in [0, 0.1) is 29.5 Å². The lowest BCUT2D eigenvalue weighted by Crippen LogP contribution is -2.15. The van der Waals surface area contributed by atoms with Crippen LogP contribution >= 0.6 is 0 Å². The van der Waals surface area contributed by atoms with E-state index in [1.807, 2.05) is 12.1 Å². The van der Waals surface area contributed by atoms with Gasteiger partial charge in [0.15, 0.2) is 5.82 Å². The number of hydrogen-bond donors (Lipinski definition) is 0. The van der Waals surface area contributed by atoms with Crippen molar-refractivity contribution in [3.63, 3.8) is 0 Å². The monoisotopic (exact) mass is 431 g/mol. The molecule has 1 fully saturated rings. The first-order chi connectivity index (χ1) is 15.1. The second-order valence-electron chi connectivity index (χ2n) is 9.28. The lowest BCUT2D eigenvalue weighted by Gasteiger charge is -2.28. The van der Waals surface area contributed by atoms with E-state index < -0.39 is 17.7 Å². The molecule has 0 bridgehead atoms. The third-order valence-corrected chi connectivity index (χ3v) is 6.93. The number of aryl methyl sites for hydroxylation is 1. The molecule has 1 aromatic carbocycles. The Morgan fingerprint density at radius 1 is 0.774 bits per heavy atom. The van der Waals surface area contributed by atoms with Gasteiger partial charge in [0.1, 0.15) is 0 Å². The number of hydrogen-bond acceptors (Lipinski definition) is 1. The maximum atomic E-state index is 13.9. The molecule has 1 aromatic heterocycles. The highest BCUT2D eigenvalue weighted by Gasteiger charge is 2.20. The van der Waals surface area contributed by atoms with Crippen molar-refractivity contribution in [2.75, 3.05) is 0 Å². The molecule has 1 heterocycles. The fraction of sp³-hybridized carbons (Fsp3) is 0.593. The quantitative estimate of drug-likeness (QED) is 0.256. The summed E-state index contributed by atoms with van der Waals surface area (Å²) in [5.74, 6) is -1.79. The summed E-state index contributed by atoms with van der Waals surface area (Å²) >= 11 is 0. The number of nitrogens with zero attached hydrogens (tertiary/aromatic N) is 1. The molecule has 0 aliphatic heterocycles. The van der Waals surface area contributed by atoms with Crippen LogP contribution in [0.15, 0.2) is 30.3 Å². The van der Waals surface area contributed by atoms with Gasteiger partial charge >= 0.3 is 0 Å². The molecule has 2 aromatic rings. The first kappa shape index (κ1) is 23.8. The number of aromatic nitrogens is 1. The van der Waals surface area contributed by atoms with E-state index in [9.17, 15) is 13.2 Å². The molecule has 0 radical (unpaired) electrons. The van der Waals surface area contributed by atoms with Gasteiger partial charge in [0.2, 0.25) is 5.95 Å². The van der Waals surface area contributed by atoms with E-state index in [0.29, 0.717) is 5.56 Å². The Hall–Kier alpha value is -1.84. The van der Waals surface area contributed by atoms with E-state index in [0.717, 1.165) is 24.3 Å². The Labute approximate surface area is 185 Å². The van der Waals surface area contributed by atoms with Crippen LogP contribution in [0.25, 0.3) is 11.1 Å². The van der Waals surface area contributed by atoms with Crippen LogP contribution in [-0.4, -0.2) is 4.98 Å². The molecule has 3 rings (SSSR count). The summed E-state index contributed by atoms with van der Waals surface area (Å²) in [7, 11) is 0. The number of benzene rings is 1. The molecule has 4 heteroatoms. The van der Waals surface area contributed by atoms with Gasteiger partial charge < -0.3 is 0 Å². The van der Waals surface area contributed by atoms with Gasteiger partial charge in [-0.2, -0.15) is 13.8 Å². The third kappa shape index (κ3) is 7.36. The van der Waals surface area contributed by atoms with Crippen LogP contribution in [0.1, 0.15) is 89.5 Å². The van der Waals surface area contributed by atoms with Crippen molar-refractivity contribution < 1.29 is 13.2 Å². The van der Waals surface area contributed by atoms with Crippen molar-refractivity contribution in [3.8, 4) is 11.1 Å². The van der Waals surface area contributed by atoms with Crippen LogP contribution in [-0.2, 0) is 6.42 Å². The number of halogens is 3. The molecule has 1 aliphatic rings. The summed E-state index contributed by atoms with van der Waals surface area (Å²) in [5.41, 5.74) is 1.71. The van der Waals surface area contributed by atoms with Crippen molar-refractivity contribution in [1.29, 1.82) is 0 Å². The van der Waals surface area contributed by atoms with Gasteiger partial charge in [-0.25, -0.2) is 4.39 Å². The summed E-state index contributed by atoms with van der Waals surface area (Å²) < 4.78 is 40.3. The highest BCUT2D eigenvalue weighted by atomic mass is 19.2. The molecular weight excluding hydrogens is 395 g/mol.